The predicted molar refractivity (Wildman–Crippen MR) is 61.0 cm³/mol. The molecule has 0 saturated carbocycles. The second-order valence-corrected chi connectivity index (χ2v) is 4.13. The molecule has 0 atom stereocenters. The number of thiazole rings is 1. The maximum absolute atomic E-state index is 11.7. The van der Waals surface area contributed by atoms with Crippen molar-refractivity contribution in [1.29, 1.82) is 0 Å². The lowest BCUT2D eigenvalue weighted by atomic mass is 10.4. The second-order valence-electron chi connectivity index (χ2n) is 3.27. The quantitative estimate of drug-likeness (QED) is 0.805. The predicted octanol–water partition coefficient (Wildman–Crippen LogP) is 0.258. The summed E-state index contributed by atoms with van der Waals surface area (Å²) in [5.74, 6) is -1.88. The first kappa shape index (κ1) is 13.1. The molecule has 1 rings (SSSR count). The smallest absolute Gasteiger partial charge is 0.323 e. The van der Waals surface area contributed by atoms with E-state index in [1.54, 1.807) is 0 Å². The topological polar surface area (TPSA) is 99.6 Å². The van der Waals surface area contributed by atoms with Gasteiger partial charge in [0, 0.05) is 19.4 Å². The van der Waals surface area contributed by atoms with Gasteiger partial charge in [-0.25, -0.2) is 4.98 Å². The summed E-state index contributed by atoms with van der Waals surface area (Å²) in [5, 5.41) is 12.8. The van der Waals surface area contributed by atoms with Crippen LogP contribution in [0.2, 0.25) is 0 Å². The summed E-state index contributed by atoms with van der Waals surface area (Å²) >= 11 is 1.10. The van der Waals surface area contributed by atoms with Crippen LogP contribution in [0.5, 0.6) is 0 Å². The van der Waals surface area contributed by atoms with Crippen molar-refractivity contribution in [2.24, 2.45) is 0 Å². The van der Waals surface area contributed by atoms with Crippen LogP contribution < -0.4 is 5.32 Å². The second kappa shape index (κ2) is 5.39. The monoisotopic (exact) mass is 257 g/mol. The largest absolute Gasteiger partial charge is 0.480 e. The van der Waals surface area contributed by atoms with Crippen LogP contribution in [0.4, 0.5) is 5.13 Å². The lowest BCUT2D eigenvalue weighted by Crippen LogP contribution is -2.32. The molecule has 1 heterocycles. The molecule has 1 aromatic heterocycles. The molecule has 0 aliphatic heterocycles. The van der Waals surface area contributed by atoms with E-state index in [2.05, 4.69) is 10.3 Å². The van der Waals surface area contributed by atoms with Crippen LogP contribution in [0.1, 0.15) is 17.4 Å². The number of likely N-dealkylation sites (N-methyl/N-ethyl adjacent to an activating group) is 1. The zero-order valence-corrected chi connectivity index (χ0v) is 10.1. The number of anilines is 1. The summed E-state index contributed by atoms with van der Waals surface area (Å²) in [4.78, 5) is 37.8. The van der Waals surface area contributed by atoms with Gasteiger partial charge in [0.25, 0.3) is 5.91 Å². The van der Waals surface area contributed by atoms with E-state index in [0.717, 1.165) is 16.2 Å². The number of carbonyl (C=O) groups excluding carboxylic acids is 2. The van der Waals surface area contributed by atoms with Gasteiger partial charge in [0.05, 0.1) is 0 Å². The van der Waals surface area contributed by atoms with Crippen LogP contribution >= 0.6 is 11.3 Å². The van der Waals surface area contributed by atoms with Crippen LogP contribution in [-0.2, 0) is 9.59 Å². The van der Waals surface area contributed by atoms with Crippen molar-refractivity contribution in [1.82, 2.24) is 9.88 Å². The minimum atomic E-state index is -1.10. The summed E-state index contributed by atoms with van der Waals surface area (Å²) in [6.45, 7) is 0.936. The van der Waals surface area contributed by atoms with Crippen molar-refractivity contribution < 1.29 is 19.5 Å². The van der Waals surface area contributed by atoms with Crippen molar-refractivity contribution in [3.63, 3.8) is 0 Å². The van der Waals surface area contributed by atoms with Crippen molar-refractivity contribution in [2.45, 2.75) is 6.92 Å². The highest BCUT2D eigenvalue weighted by Crippen LogP contribution is 2.16. The summed E-state index contributed by atoms with van der Waals surface area (Å²) < 4.78 is 0. The van der Waals surface area contributed by atoms with Gasteiger partial charge >= 0.3 is 5.97 Å². The summed E-state index contributed by atoms with van der Waals surface area (Å²) in [7, 11) is 1.37. The molecular formula is C9H11N3O4S. The first-order valence-electron chi connectivity index (χ1n) is 4.60. The van der Waals surface area contributed by atoms with Gasteiger partial charge in [0.2, 0.25) is 5.91 Å². The average Bonchev–Trinajstić information content (AvgIpc) is 2.62. The summed E-state index contributed by atoms with van der Waals surface area (Å²) in [5.41, 5.74) is 0.113. The first-order valence-corrected chi connectivity index (χ1v) is 5.48. The minimum Gasteiger partial charge on any atom is -0.480 e. The van der Waals surface area contributed by atoms with E-state index in [0.29, 0.717) is 5.13 Å². The van der Waals surface area contributed by atoms with Crippen molar-refractivity contribution >= 4 is 34.3 Å². The number of rotatable bonds is 4. The number of hydrogen-bond acceptors (Lipinski definition) is 5. The highest BCUT2D eigenvalue weighted by atomic mass is 32.1. The molecule has 0 aromatic carbocycles. The lowest BCUT2D eigenvalue weighted by molar-refractivity contribution is -0.137. The van der Waals surface area contributed by atoms with Gasteiger partial charge in [-0.05, 0) is 0 Å². The fourth-order valence-electron chi connectivity index (χ4n) is 1.05. The molecular weight excluding hydrogens is 246 g/mol. The molecule has 0 spiro atoms. The van der Waals surface area contributed by atoms with E-state index in [9.17, 15) is 14.4 Å². The zero-order valence-electron chi connectivity index (χ0n) is 9.26. The number of carbonyl (C=O) groups is 3. The zero-order chi connectivity index (χ0) is 13.0. The maximum Gasteiger partial charge on any atom is 0.323 e. The Hall–Kier alpha value is -1.96. The van der Waals surface area contributed by atoms with Crippen LogP contribution in [0, 0.1) is 0 Å². The van der Waals surface area contributed by atoms with Gasteiger partial charge in [-0.2, -0.15) is 0 Å². The van der Waals surface area contributed by atoms with Crippen LogP contribution in [-0.4, -0.2) is 46.4 Å². The molecule has 2 N–H and O–H groups in total. The molecule has 1 aromatic rings. The number of aromatic nitrogens is 1. The molecule has 2 amide bonds. The van der Waals surface area contributed by atoms with Crippen LogP contribution in [0.15, 0.2) is 5.38 Å². The van der Waals surface area contributed by atoms with Gasteiger partial charge in [0.15, 0.2) is 5.13 Å². The SMILES string of the molecule is CC(=O)Nc1nc(C(=O)N(C)CC(=O)O)cs1. The Morgan fingerprint density at radius 3 is 2.71 bits per heavy atom. The number of amides is 2. The molecule has 0 unspecified atom stereocenters. The number of carboxylic acids is 1. The van der Waals surface area contributed by atoms with Gasteiger partial charge in [-0.3, -0.25) is 14.4 Å². The summed E-state index contributed by atoms with van der Waals surface area (Å²) in [6, 6.07) is 0. The Bertz CT molecular complexity index is 457. The first-order chi connectivity index (χ1) is 7.90. The fraction of sp³-hybridized carbons (Fsp3) is 0.333. The molecule has 92 valence electrons. The van der Waals surface area contributed by atoms with Crippen LogP contribution in [0.3, 0.4) is 0 Å². The van der Waals surface area contributed by atoms with Crippen molar-refractivity contribution in [3.8, 4) is 0 Å². The third-order valence-corrected chi connectivity index (χ3v) is 2.48. The van der Waals surface area contributed by atoms with E-state index in [1.165, 1.54) is 19.4 Å². The standard InChI is InChI=1S/C9H11N3O4S/c1-5(13)10-9-11-6(4-17-9)8(16)12(2)3-7(14)15/h4H,3H2,1-2H3,(H,14,15)(H,10,11,13). The molecule has 0 saturated heterocycles. The number of carboxylic acid groups (broad SMARTS) is 1. The molecule has 0 radical (unpaired) electrons. The highest BCUT2D eigenvalue weighted by molar-refractivity contribution is 7.14. The summed E-state index contributed by atoms with van der Waals surface area (Å²) in [6.07, 6.45) is 0. The van der Waals surface area contributed by atoms with E-state index >= 15 is 0 Å². The van der Waals surface area contributed by atoms with E-state index < -0.39 is 18.4 Å². The van der Waals surface area contributed by atoms with E-state index in [-0.39, 0.29) is 11.6 Å². The number of aliphatic carboxylic acids is 1. The highest BCUT2D eigenvalue weighted by Gasteiger charge is 2.17. The van der Waals surface area contributed by atoms with Gasteiger partial charge in [-0.1, -0.05) is 0 Å². The third-order valence-electron chi connectivity index (χ3n) is 1.73. The molecule has 0 bridgehead atoms. The third kappa shape index (κ3) is 3.83. The van der Waals surface area contributed by atoms with Gasteiger partial charge < -0.3 is 15.3 Å². The van der Waals surface area contributed by atoms with Crippen LogP contribution in [0.25, 0.3) is 0 Å². The molecule has 7 nitrogen and oxygen atoms in total. The lowest BCUT2D eigenvalue weighted by Gasteiger charge is -2.12. The molecule has 0 aliphatic carbocycles. The van der Waals surface area contributed by atoms with Crippen molar-refractivity contribution in [2.75, 3.05) is 18.9 Å². The Balaban J connectivity index is 2.72. The molecule has 0 fully saturated rings. The number of hydrogen-bond donors (Lipinski definition) is 2. The molecule has 8 heteroatoms. The normalized spacial score (nSPS) is 9.76. The Kier molecular flexibility index (Phi) is 4.16. The maximum atomic E-state index is 11.7. The van der Waals surface area contributed by atoms with E-state index in [4.69, 9.17) is 5.11 Å². The molecule has 17 heavy (non-hydrogen) atoms. The van der Waals surface area contributed by atoms with Crippen molar-refractivity contribution in [3.05, 3.63) is 11.1 Å². The van der Waals surface area contributed by atoms with Gasteiger partial charge in [0.1, 0.15) is 12.2 Å². The number of nitrogens with one attached hydrogen (secondary N) is 1. The molecule has 0 aliphatic rings. The Labute approximate surface area is 101 Å². The number of nitrogens with zero attached hydrogens (tertiary/aromatic N) is 2. The van der Waals surface area contributed by atoms with E-state index in [1.807, 2.05) is 0 Å². The van der Waals surface area contributed by atoms with Gasteiger partial charge in [-0.15, -0.1) is 11.3 Å². The average molecular weight is 257 g/mol. The Morgan fingerprint density at radius 1 is 1.53 bits per heavy atom. The fourth-order valence-corrected chi connectivity index (χ4v) is 1.78. The minimum absolute atomic E-state index is 0.113. The Morgan fingerprint density at radius 2 is 2.18 bits per heavy atom.